The molecule has 6 aromatic carbocycles. The topological polar surface area (TPSA) is 120 Å². The Morgan fingerprint density at radius 2 is 1.19 bits per heavy atom. The molecule has 4 N–H and O–H groups in total. The fourth-order valence-electron chi connectivity index (χ4n) is 13.0. The predicted octanol–water partition coefficient (Wildman–Crippen LogP) is 12.5. The fraction of sp³-hybridized carbons (Fsp3) is 0.356. The van der Waals surface area contributed by atoms with Crippen LogP contribution in [0.2, 0.25) is 0 Å². The second-order valence-corrected chi connectivity index (χ2v) is 24.7. The van der Waals surface area contributed by atoms with Gasteiger partial charge in [0.2, 0.25) is 0 Å². The monoisotopic (exact) mass is 1140 g/mol. The highest BCUT2D eigenvalue weighted by molar-refractivity contribution is 6.59. The number of hydrogen-bond acceptors (Lipinski definition) is 10. The summed E-state index contributed by atoms with van der Waals surface area (Å²) in [6, 6.07) is 50.0. The summed E-state index contributed by atoms with van der Waals surface area (Å²) in [5.74, 6) is 1.78. The molecule has 10 nitrogen and oxygen atoms in total. The summed E-state index contributed by atoms with van der Waals surface area (Å²) in [5.41, 5.74) is 15.3. The molecule has 6 aromatic rings. The number of hydrogen-bond donors (Lipinski definition) is 4. The van der Waals surface area contributed by atoms with E-state index in [4.69, 9.17) is 4.74 Å². The first kappa shape index (κ1) is 62.5. The van der Waals surface area contributed by atoms with Crippen LogP contribution in [-0.2, 0) is 48.3 Å². The van der Waals surface area contributed by atoms with Gasteiger partial charge in [0.05, 0.1) is 6.04 Å². The Balaban J connectivity index is 0.990. The average Bonchev–Trinajstić information content (AvgIpc) is 3.21. The highest BCUT2D eigenvalue weighted by Crippen LogP contribution is 2.49. The van der Waals surface area contributed by atoms with E-state index in [1.807, 2.05) is 36.4 Å². The van der Waals surface area contributed by atoms with Crippen LogP contribution in [0.25, 0.3) is 0 Å². The molecule has 9 rings (SSSR count). The van der Waals surface area contributed by atoms with Crippen molar-refractivity contribution in [3.63, 3.8) is 0 Å². The van der Waals surface area contributed by atoms with E-state index in [0.717, 1.165) is 104 Å². The van der Waals surface area contributed by atoms with Crippen molar-refractivity contribution in [3.05, 3.63) is 244 Å². The van der Waals surface area contributed by atoms with Crippen molar-refractivity contribution < 1.29 is 29.6 Å². The van der Waals surface area contributed by atoms with Gasteiger partial charge in [-0.1, -0.05) is 188 Å². The van der Waals surface area contributed by atoms with E-state index in [-0.39, 0.29) is 22.7 Å². The zero-order valence-electron chi connectivity index (χ0n) is 51.3. The van der Waals surface area contributed by atoms with Gasteiger partial charge >= 0.3 is 14.2 Å². The van der Waals surface area contributed by atoms with Gasteiger partial charge in [-0.3, -0.25) is 14.6 Å². The van der Waals surface area contributed by atoms with E-state index >= 15 is 0 Å². The Hall–Kier alpha value is -7.02. The van der Waals surface area contributed by atoms with Crippen LogP contribution >= 0.6 is 0 Å². The molecule has 442 valence electrons. The summed E-state index contributed by atoms with van der Waals surface area (Å²) in [6.07, 6.45) is 16.4. The lowest BCUT2D eigenvalue weighted by atomic mass is 9.77. The molecule has 1 unspecified atom stereocenters. The van der Waals surface area contributed by atoms with Gasteiger partial charge in [-0.05, 0) is 155 Å². The first-order valence-corrected chi connectivity index (χ1v) is 30.9. The van der Waals surface area contributed by atoms with Crippen molar-refractivity contribution >= 4 is 42.3 Å². The van der Waals surface area contributed by atoms with E-state index in [9.17, 15) is 24.9 Å². The lowest BCUT2D eigenvalue weighted by Crippen LogP contribution is -2.40. The normalized spacial score (nSPS) is 17.2. The smallest absolute Gasteiger partial charge is 0.457 e. The number of nitrogens with zero attached hydrogens (tertiary/aromatic N) is 4. The van der Waals surface area contributed by atoms with E-state index in [0.29, 0.717) is 55.6 Å². The molecule has 1 atom stereocenters. The van der Waals surface area contributed by atoms with E-state index in [2.05, 4.69) is 189 Å². The molecule has 0 saturated carbocycles. The minimum Gasteiger partial charge on any atom is -0.457 e. The van der Waals surface area contributed by atoms with Gasteiger partial charge in [-0.25, -0.2) is 0 Å². The van der Waals surface area contributed by atoms with Crippen LogP contribution in [0.5, 0.6) is 5.75 Å². The van der Waals surface area contributed by atoms with Gasteiger partial charge in [0.25, 0.3) is 0 Å². The summed E-state index contributed by atoms with van der Waals surface area (Å²) in [5, 5.41) is 41.3. The molecule has 0 radical (unpaired) electrons. The van der Waals surface area contributed by atoms with Crippen LogP contribution in [0.4, 0.5) is 11.4 Å². The first-order chi connectivity index (χ1) is 41.0. The van der Waals surface area contributed by atoms with Crippen LogP contribution in [0.15, 0.2) is 205 Å². The largest absolute Gasteiger partial charge is 0.488 e. The third kappa shape index (κ3) is 15.0. The van der Waals surface area contributed by atoms with Gasteiger partial charge in [0.1, 0.15) is 11.5 Å². The molecular weight excluding hydrogens is 1050 g/mol. The number of para-hydroxylation sites is 2. The molecule has 0 bridgehead atoms. The Morgan fingerprint density at radius 3 is 1.79 bits per heavy atom. The minimum absolute atomic E-state index is 0.0807. The number of Topliss-reactive ketones (excluding diaryl/α,β-unsaturated/α-hetero) is 1. The SMILES string of the molecule is C=C(C)C(=O)CCCCN(Cc1ccc(CN(Cc2ccc(OC3=C(/C=C/C4N(CCC)c5ccccc5C4(C)C)CCC/C3=C\C=C3\N(CCC)c4ccccc4C3(C)C)cc2)Cc2ccccc2B(O)O)cc1)Cc1ccccc1B(O)O. The maximum absolute atomic E-state index is 12.4. The summed E-state index contributed by atoms with van der Waals surface area (Å²) >= 11 is 0. The van der Waals surface area contributed by atoms with Crippen molar-refractivity contribution in [1.82, 2.24) is 9.80 Å². The second-order valence-electron chi connectivity index (χ2n) is 24.7. The molecule has 0 spiro atoms. The van der Waals surface area contributed by atoms with Gasteiger partial charge in [0.15, 0.2) is 5.78 Å². The third-order valence-corrected chi connectivity index (χ3v) is 17.5. The molecular formula is C73H88B2N4O6. The first-order valence-electron chi connectivity index (χ1n) is 30.9. The molecule has 12 heteroatoms. The molecule has 0 fully saturated rings. The Morgan fingerprint density at radius 1 is 0.647 bits per heavy atom. The van der Waals surface area contributed by atoms with Gasteiger partial charge < -0.3 is 34.6 Å². The predicted molar refractivity (Wildman–Crippen MR) is 351 cm³/mol. The molecule has 2 aliphatic heterocycles. The number of ketones is 1. The number of benzene rings is 6. The molecule has 85 heavy (non-hydrogen) atoms. The van der Waals surface area contributed by atoms with Crippen molar-refractivity contribution in [2.24, 2.45) is 0 Å². The standard InChI is InChI=1S/C73H88B2N4O6/c1-9-45-78-66-30-17-13-26-62(66)72(5,6)69(78)43-39-57-24-21-25-58(40-44-70-73(7,8)63-27-14-18-31-67(63)79(70)46-10-2)71(57)85-61-41-37-56(38-42-61)50-77(52-60-23-12-16-29-65(60)75(83)84)49-55-35-33-54(34-36-55)48-76(47-20-19-32-68(80)53(3)4)51-59-22-11-15-28-64(59)74(81)82/h11-18,22-23,26-31,33-44,69,81-84H,3,9-10,19-21,24-25,32,45-52H2,1-2,4-8H3/b43-39+,58-40+,70-44+. The minimum atomic E-state index is -1.60. The van der Waals surface area contributed by atoms with E-state index in [1.165, 1.54) is 39.3 Å². The van der Waals surface area contributed by atoms with Crippen molar-refractivity contribution in [2.45, 2.75) is 149 Å². The summed E-state index contributed by atoms with van der Waals surface area (Å²) in [4.78, 5) is 22.1. The van der Waals surface area contributed by atoms with Gasteiger partial charge in [-0.2, -0.15) is 0 Å². The fourth-order valence-corrected chi connectivity index (χ4v) is 13.0. The quantitative estimate of drug-likeness (QED) is 0.0225. The summed E-state index contributed by atoms with van der Waals surface area (Å²) < 4.78 is 7.21. The van der Waals surface area contributed by atoms with E-state index in [1.54, 1.807) is 19.1 Å². The van der Waals surface area contributed by atoms with Crippen LogP contribution in [0, 0.1) is 0 Å². The zero-order chi connectivity index (χ0) is 60.3. The third-order valence-electron chi connectivity index (χ3n) is 17.5. The summed E-state index contributed by atoms with van der Waals surface area (Å²) in [7, 11) is -3.18. The Bertz CT molecular complexity index is 3400. The van der Waals surface area contributed by atoms with Crippen molar-refractivity contribution in [2.75, 3.05) is 29.4 Å². The lowest BCUT2D eigenvalue weighted by Gasteiger charge is -2.32. The van der Waals surface area contributed by atoms with Crippen molar-refractivity contribution in [1.29, 1.82) is 0 Å². The van der Waals surface area contributed by atoms with Crippen molar-refractivity contribution in [3.8, 4) is 5.75 Å². The maximum Gasteiger partial charge on any atom is 0.488 e. The number of anilines is 2. The highest BCUT2D eigenvalue weighted by Gasteiger charge is 2.43. The van der Waals surface area contributed by atoms with Crippen LogP contribution in [0.3, 0.4) is 0 Å². The van der Waals surface area contributed by atoms with Crippen LogP contribution in [-0.4, -0.2) is 75.6 Å². The average molecular weight is 1140 g/mol. The number of allylic oxidation sites excluding steroid dienone is 7. The number of unbranched alkanes of at least 4 members (excludes halogenated alkanes) is 1. The number of carbonyl (C=O) groups is 1. The molecule has 0 aromatic heterocycles. The zero-order valence-corrected chi connectivity index (χ0v) is 51.3. The van der Waals surface area contributed by atoms with Gasteiger partial charge in [0, 0.05) is 80.1 Å². The highest BCUT2D eigenvalue weighted by atomic mass is 16.5. The maximum atomic E-state index is 12.4. The summed E-state index contributed by atoms with van der Waals surface area (Å²) in [6.45, 7) is 25.0. The second kappa shape index (κ2) is 28.5. The Kier molecular flexibility index (Phi) is 20.9. The number of ether oxygens (including phenoxy) is 1. The molecule has 3 aliphatic rings. The van der Waals surface area contributed by atoms with Crippen LogP contribution in [0.1, 0.15) is 139 Å². The molecule has 0 saturated heterocycles. The molecule has 2 heterocycles. The van der Waals surface area contributed by atoms with E-state index < -0.39 is 14.2 Å². The Labute approximate surface area is 507 Å². The van der Waals surface area contributed by atoms with Gasteiger partial charge in [-0.15, -0.1) is 0 Å². The van der Waals surface area contributed by atoms with Crippen LogP contribution < -0.4 is 25.5 Å². The number of carbonyl (C=O) groups excluding carboxylic acids is 1. The molecule has 0 amide bonds. The molecule has 1 aliphatic carbocycles. The number of rotatable bonds is 27. The lowest BCUT2D eigenvalue weighted by molar-refractivity contribution is -0.115. The number of fused-ring (bicyclic) bond motifs is 2.